The van der Waals surface area contributed by atoms with Gasteiger partial charge < -0.3 is 15.2 Å². The van der Waals surface area contributed by atoms with Gasteiger partial charge in [-0.2, -0.15) is 0 Å². The first kappa shape index (κ1) is 17.0. The first-order valence-electron chi connectivity index (χ1n) is 7.76. The van der Waals surface area contributed by atoms with Gasteiger partial charge in [0.25, 0.3) is 0 Å². The van der Waals surface area contributed by atoms with Crippen molar-refractivity contribution in [3.05, 3.63) is 65.2 Å². The Morgan fingerprint density at radius 3 is 2.57 bits per heavy atom. The number of aliphatic hydroxyl groups is 1. The Labute approximate surface area is 137 Å². The normalized spacial score (nSPS) is 11.8. The summed E-state index contributed by atoms with van der Waals surface area (Å²) in [6.45, 7) is 4.21. The van der Waals surface area contributed by atoms with Gasteiger partial charge in [0.05, 0.1) is 25.7 Å². The molecular formula is C19H23NO3. The minimum Gasteiger partial charge on any atom is -0.493 e. The second-order valence-electron chi connectivity index (χ2n) is 5.51. The summed E-state index contributed by atoms with van der Waals surface area (Å²) < 4.78 is 5.69. The van der Waals surface area contributed by atoms with Gasteiger partial charge in [-0.3, -0.25) is 4.79 Å². The van der Waals surface area contributed by atoms with E-state index >= 15 is 0 Å². The molecule has 4 heteroatoms. The average molecular weight is 313 g/mol. The smallest absolute Gasteiger partial charge is 0.223 e. The number of benzene rings is 2. The molecule has 0 aromatic heterocycles. The molecule has 1 amide bonds. The van der Waals surface area contributed by atoms with E-state index in [1.54, 1.807) is 0 Å². The van der Waals surface area contributed by atoms with E-state index in [-0.39, 0.29) is 25.0 Å². The fourth-order valence-corrected chi connectivity index (χ4v) is 2.32. The van der Waals surface area contributed by atoms with Crippen molar-refractivity contribution in [3.63, 3.8) is 0 Å². The highest BCUT2D eigenvalue weighted by Crippen LogP contribution is 2.20. The van der Waals surface area contributed by atoms with Crippen molar-refractivity contribution in [2.45, 2.75) is 26.3 Å². The van der Waals surface area contributed by atoms with Gasteiger partial charge in [-0.15, -0.1) is 0 Å². The highest BCUT2D eigenvalue weighted by atomic mass is 16.5. The third kappa shape index (κ3) is 4.83. The SMILES string of the molecule is Cc1cccc(OCCC(=O)NC(CO)c2ccccc2)c1C. The predicted molar refractivity (Wildman–Crippen MR) is 90.4 cm³/mol. The van der Waals surface area contributed by atoms with Crippen molar-refractivity contribution in [1.29, 1.82) is 0 Å². The van der Waals surface area contributed by atoms with E-state index in [1.165, 1.54) is 0 Å². The largest absolute Gasteiger partial charge is 0.493 e. The topological polar surface area (TPSA) is 58.6 Å². The van der Waals surface area contributed by atoms with Crippen molar-refractivity contribution in [3.8, 4) is 5.75 Å². The van der Waals surface area contributed by atoms with Crippen LogP contribution in [0.25, 0.3) is 0 Å². The third-order valence-corrected chi connectivity index (χ3v) is 3.86. The zero-order valence-corrected chi connectivity index (χ0v) is 13.6. The van der Waals surface area contributed by atoms with Crippen LogP contribution < -0.4 is 10.1 Å². The number of hydrogen-bond acceptors (Lipinski definition) is 3. The number of aryl methyl sites for hydroxylation is 1. The van der Waals surface area contributed by atoms with Gasteiger partial charge in [-0.1, -0.05) is 42.5 Å². The maximum atomic E-state index is 12.0. The minimum atomic E-state index is -0.385. The molecule has 23 heavy (non-hydrogen) atoms. The van der Waals surface area contributed by atoms with Gasteiger partial charge >= 0.3 is 0 Å². The number of aliphatic hydroxyl groups excluding tert-OH is 1. The van der Waals surface area contributed by atoms with Crippen molar-refractivity contribution < 1.29 is 14.6 Å². The number of hydrogen-bond donors (Lipinski definition) is 2. The molecule has 0 aliphatic rings. The lowest BCUT2D eigenvalue weighted by Gasteiger charge is -2.17. The van der Waals surface area contributed by atoms with Crippen LogP contribution in [0.1, 0.15) is 29.2 Å². The van der Waals surface area contributed by atoms with Crippen molar-refractivity contribution in [2.24, 2.45) is 0 Å². The van der Waals surface area contributed by atoms with Gasteiger partial charge in [0.15, 0.2) is 0 Å². The Balaban J connectivity index is 1.84. The van der Waals surface area contributed by atoms with Gasteiger partial charge in [-0.05, 0) is 36.6 Å². The second kappa shape index (κ2) is 8.34. The Kier molecular flexibility index (Phi) is 6.18. The van der Waals surface area contributed by atoms with E-state index < -0.39 is 0 Å². The Bertz CT molecular complexity index is 640. The molecular weight excluding hydrogens is 290 g/mol. The Morgan fingerprint density at radius 2 is 1.87 bits per heavy atom. The molecule has 1 unspecified atom stereocenters. The summed E-state index contributed by atoms with van der Waals surface area (Å²) in [5.74, 6) is 0.665. The average Bonchev–Trinajstić information content (AvgIpc) is 2.57. The summed E-state index contributed by atoms with van der Waals surface area (Å²) >= 11 is 0. The van der Waals surface area contributed by atoms with Crippen LogP contribution in [0, 0.1) is 13.8 Å². The van der Waals surface area contributed by atoms with E-state index in [9.17, 15) is 9.90 Å². The Hall–Kier alpha value is -2.33. The minimum absolute atomic E-state index is 0.131. The van der Waals surface area contributed by atoms with E-state index in [2.05, 4.69) is 5.32 Å². The molecule has 0 saturated heterocycles. The van der Waals surface area contributed by atoms with Gasteiger partial charge in [0, 0.05) is 0 Å². The zero-order chi connectivity index (χ0) is 16.7. The van der Waals surface area contributed by atoms with Crippen LogP contribution in [-0.4, -0.2) is 24.2 Å². The number of ether oxygens (including phenoxy) is 1. The van der Waals surface area contributed by atoms with E-state index in [4.69, 9.17) is 4.74 Å². The Morgan fingerprint density at radius 1 is 1.13 bits per heavy atom. The second-order valence-corrected chi connectivity index (χ2v) is 5.51. The molecule has 0 bridgehead atoms. The van der Waals surface area contributed by atoms with Crippen LogP contribution in [0.4, 0.5) is 0 Å². The molecule has 0 aliphatic carbocycles. The molecule has 0 spiro atoms. The molecule has 0 saturated carbocycles. The van der Waals surface area contributed by atoms with Crippen LogP contribution in [0.3, 0.4) is 0 Å². The monoisotopic (exact) mass is 313 g/mol. The molecule has 2 rings (SSSR count). The third-order valence-electron chi connectivity index (χ3n) is 3.86. The number of rotatable bonds is 7. The van der Waals surface area contributed by atoms with Crippen molar-refractivity contribution >= 4 is 5.91 Å². The summed E-state index contributed by atoms with van der Waals surface area (Å²) in [6, 6.07) is 14.9. The van der Waals surface area contributed by atoms with Crippen LogP contribution in [0.5, 0.6) is 5.75 Å². The molecule has 0 aliphatic heterocycles. The number of amides is 1. The number of carbonyl (C=O) groups is 1. The molecule has 2 N–H and O–H groups in total. The van der Waals surface area contributed by atoms with Gasteiger partial charge in [0.2, 0.25) is 5.91 Å². The molecule has 2 aromatic carbocycles. The van der Waals surface area contributed by atoms with Crippen molar-refractivity contribution in [1.82, 2.24) is 5.32 Å². The van der Waals surface area contributed by atoms with E-state index in [0.717, 1.165) is 22.4 Å². The maximum absolute atomic E-state index is 12.0. The number of nitrogens with one attached hydrogen (secondary N) is 1. The van der Waals surface area contributed by atoms with E-state index in [0.29, 0.717) is 6.61 Å². The van der Waals surface area contributed by atoms with E-state index in [1.807, 2.05) is 62.4 Å². The lowest BCUT2D eigenvalue weighted by Crippen LogP contribution is -2.31. The lowest BCUT2D eigenvalue weighted by molar-refractivity contribution is -0.122. The van der Waals surface area contributed by atoms with Crippen LogP contribution >= 0.6 is 0 Å². The van der Waals surface area contributed by atoms with Crippen LogP contribution in [0.15, 0.2) is 48.5 Å². The molecule has 122 valence electrons. The summed E-state index contributed by atoms with van der Waals surface area (Å²) in [4.78, 5) is 12.0. The summed E-state index contributed by atoms with van der Waals surface area (Å²) in [5.41, 5.74) is 3.14. The summed E-state index contributed by atoms with van der Waals surface area (Å²) in [6.07, 6.45) is 0.247. The zero-order valence-electron chi connectivity index (χ0n) is 13.6. The first-order valence-corrected chi connectivity index (χ1v) is 7.76. The maximum Gasteiger partial charge on any atom is 0.223 e. The highest BCUT2D eigenvalue weighted by molar-refractivity contribution is 5.76. The van der Waals surface area contributed by atoms with Crippen molar-refractivity contribution in [2.75, 3.05) is 13.2 Å². The predicted octanol–water partition coefficient (Wildman–Crippen LogP) is 2.92. The van der Waals surface area contributed by atoms with Gasteiger partial charge in [0.1, 0.15) is 5.75 Å². The molecule has 2 aromatic rings. The summed E-state index contributed by atoms with van der Waals surface area (Å²) in [5, 5.41) is 12.3. The molecule has 0 fully saturated rings. The lowest BCUT2D eigenvalue weighted by atomic mass is 10.1. The molecule has 0 heterocycles. The standard InChI is InChI=1S/C19H23NO3/c1-14-7-6-10-18(15(14)2)23-12-11-19(22)20-17(13-21)16-8-4-3-5-9-16/h3-10,17,21H,11-13H2,1-2H3,(H,20,22). The number of carbonyl (C=O) groups excluding carboxylic acids is 1. The highest BCUT2D eigenvalue weighted by Gasteiger charge is 2.13. The first-order chi connectivity index (χ1) is 11.1. The van der Waals surface area contributed by atoms with Crippen LogP contribution in [-0.2, 0) is 4.79 Å². The fraction of sp³-hybridized carbons (Fsp3) is 0.316. The molecule has 0 radical (unpaired) electrons. The van der Waals surface area contributed by atoms with Crippen LogP contribution in [0.2, 0.25) is 0 Å². The fourth-order valence-electron chi connectivity index (χ4n) is 2.32. The summed E-state index contributed by atoms with van der Waals surface area (Å²) in [7, 11) is 0. The van der Waals surface area contributed by atoms with Gasteiger partial charge in [-0.25, -0.2) is 0 Å². The quantitative estimate of drug-likeness (QED) is 0.826. The molecule has 1 atom stereocenters. The molecule has 4 nitrogen and oxygen atoms in total.